The molecule has 0 spiro atoms. The van der Waals surface area contributed by atoms with E-state index in [-0.39, 0.29) is 12.6 Å². The van der Waals surface area contributed by atoms with Gasteiger partial charge in [-0.1, -0.05) is 47.5 Å². The SMILES string of the molecule is CC(NC(=O)CN1C(=O)C(C)N(c2ccccc2)C1=O)c1ccc(Cl)c(Cl)c1. The van der Waals surface area contributed by atoms with Crippen molar-refractivity contribution in [1.82, 2.24) is 10.2 Å². The lowest BCUT2D eigenvalue weighted by Crippen LogP contribution is -2.42. The van der Waals surface area contributed by atoms with Crippen LogP contribution in [0.3, 0.4) is 0 Å². The molecular weight excluding hydrogens is 401 g/mol. The molecule has 2 atom stereocenters. The molecule has 2 aromatic rings. The van der Waals surface area contributed by atoms with Crippen LogP contribution >= 0.6 is 23.2 Å². The first-order valence-electron chi connectivity index (χ1n) is 8.73. The molecule has 6 nitrogen and oxygen atoms in total. The van der Waals surface area contributed by atoms with Gasteiger partial charge >= 0.3 is 6.03 Å². The third-order valence-electron chi connectivity index (χ3n) is 4.60. The van der Waals surface area contributed by atoms with Crippen LogP contribution in [-0.4, -0.2) is 35.3 Å². The lowest BCUT2D eigenvalue weighted by Gasteiger charge is -2.20. The summed E-state index contributed by atoms with van der Waals surface area (Å²) in [6.07, 6.45) is 0. The zero-order valence-corrected chi connectivity index (χ0v) is 16.9. The predicted molar refractivity (Wildman–Crippen MR) is 109 cm³/mol. The predicted octanol–water partition coefficient (Wildman–Crippen LogP) is 4.03. The van der Waals surface area contributed by atoms with E-state index in [2.05, 4.69) is 5.32 Å². The quantitative estimate of drug-likeness (QED) is 0.743. The van der Waals surface area contributed by atoms with E-state index in [1.54, 1.807) is 56.3 Å². The molecule has 1 fully saturated rings. The van der Waals surface area contributed by atoms with E-state index in [4.69, 9.17) is 23.2 Å². The molecular formula is C20H19Cl2N3O3. The van der Waals surface area contributed by atoms with E-state index in [9.17, 15) is 14.4 Å². The molecule has 8 heteroatoms. The summed E-state index contributed by atoms with van der Waals surface area (Å²) in [5, 5.41) is 3.58. The Kier molecular flexibility index (Phi) is 5.91. The maximum atomic E-state index is 12.7. The zero-order valence-electron chi connectivity index (χ0n) is 15.4. The van der Waals surface area contributed by atoms with Gasteiger partial charge in [-0.25, -0.2) is 4.79 Å². The van der Waals surface area contributed by atoms with Crippen LogP contribution in [0, 0.1) is 0 Å². The molecule has 1 heterocycles. The van der Waals surface area contributed by atoms with Gasteiger partial charge in [0.15, 0.2) is 0 Å². The summed E-state index contributed by atoms with van der Waals surface area (Å²) in [5.41, 5.74) is 1.38. The van der Waals surface area contributed by atoms with Crippen molar-refractivity contribution >= 4 is 46.7 Å². The van der Waals surface area contributed by atoms with Crippen molar-refractivity contribution in [3.05, 3.63) is 64.1 Å². The van der Waals surface area contributed by atoms with Crippen molar-refractivity contribution in [3.8, 4) is 0 Å². The van der Waals surface area contributed by atoms with Crippen LogP contribution in [-0.2, 0) is 9.59 Å². The highest BCUT2D eigenvalue weighted by atomic mass is 35.5. The van der Waals surface area contributed by atoms with Gasteiger partial charge in [0.2, 0.25) is 5.91 Å². The standard InChI is InChI=1S/C20H19Cl2N3O3/c1-12(14-8-9-16(21)17(22)10-14)23-18(26)11-24-19(27)13(2)25(20(24)28)15-6-4-3-5-7-15/h3-10,12-13H,11H2,1-2H3,(H,23,26). The van der Waals surface area contributed by atoms with Gasteiger partial charge < -0.3 is 5.32 Å². The van der Waals surface area contributed by atoms with Crippen LogP contribution in [0.15, 0.2) is 48.5 Å². The average Bonchev–Trinajstić information content (AvgIpc) is 2.88. The minimum Gasteiger partial charge on any atom is -0.348 e. The van der Waals surface area contributed by atoms with Gasteiger partial charge in [-0.2, -0.15) is 0 Å². The normalized spacial score (nSPS) is 17.8. The third-order valence-corrected chi connectivity index (χ3v) is 5.34. The van der Waals surface area contributed by atoms with Crippen LogP contribution < -0.4 is 10.2 Å². The Morgan fingerprint density at radius 1 is 1.11 bits per heavy atom. The van der Waals surface area contributed by atoms with Gasteiger partial charge in [0.05, 0.1) is 16.1 Å². The van der Waals surface area contributed by atoms with E-state index in [0.717, 1.165) is 10.5 Å². The molecule has 1 aliphatic heterocycles. The molecule has 0 radical (unpaired) electrons. The number of anilines is 1. The van der Waals surface area contributed by atoms with Crippen LogP contribution in [0.5, 0.6) is 0 Å². The second kappa shape index (κ2) is 8.20. The minimum absolute atomic E-state index is 0.350. The van der Waals surface area contributed by atoms with Crippen molar-refractivity contribution in [2.24, 2.45) is 0 Å². The van der Waals surface area contributed by atoms with Gasteiger partial charge in [-0.3, -0.25) is 19.4 Å². The maximum Gasteiger partial charge on any atom is 0.332 e. The highest BCUT2D eigenvalue weighted by molar-refractivity contribution is 6.42. The highest BCUT2D eigenvalue weighted by Crippen LogP contribution is 2.27. The molecule has 2 aromatic carbocycles. The number of carbonyl (C=O) groups is 3. The van der Waals surface area contributed by atoms with E-state index < -0.39 is 23.9 Å². The number of nitrogens with one attached hydrogen (secondary N) is 1. The molecule has 28 heavy (non-hydrogen) atoms. The summed E-state index contributed by atoms with van der Waals surface area (Å²) in [5.74, 6) is -0.853. The van der Waals surface area contributed by atoms with Crippen molar-refractivity contribution < 1.29 is 14.4 Å². The highest BCUT2D eigenvalue weighted by Gasteiger charge is 2.44. The van der Waals surface area contributed by atoms with E-state index >= 15 is 0 Å². The molecule has 146 valence electrons. The topological polar surface area (TPSA) is 69.7 Å². The second-order valence-electron chi connectivity index (χ2n) is 6.55. The summed E-state index contributed by atoms with van der Waals surface area (Å²) in [6, 6.07) is 12.4. The van der Waals surface area contributed by atoms with Gasteiger partial charge in [-0.05, 0) is 43.7 Å². The number of rotatable bonds is 5. The number of urea groups is 1. The van der Waals surface area contributed by atoms with Crippen LogP contribution in [0.2, 0.25) is 10.0 Å². The molecule has 2 unspecified atom stereocenters. The summed E-state index contributed by atoms with van der Waals surface area (Å²) in [4.78, 5) is 40.0. The number of imide groups is 1. The first-order valence-corrected chi connectivity index (χ1v) is 9.49. The number of carbonyl (C=O) groups excluding carboxylic acids is 3. The monoisotopic (exact) mass is 419 g/mol. The molecule has 1 N–H and O–H groups in total. The van der Waals surface area contributed by atoms with Crippen molar-refractivity contribution in [2.45, 2.75) is 25.9 Å². The number of nitrogens with zero attached hydrogens (tertiary/aromatic N) is 2. The average molecular weight is 420 g/mol. The fourth-order valence-corrected chi connectivity index (χ4v) is 3.40. The second-order valence-corrected chi connectivity index (χ2v) is 7.37. The first-order chi connectivity index (χ1) is 13.3. The van der Waals surface area contributed by atoms with Crippen LogP contribution in [0.1, 0.15) is 25.5 Å². The number of para-hydroxylation sites is 1. The molecule has 4 amide bonds. The maximum absolute atomic E-state index is 12.7. The molecule has 0 saturated carbocycles. The van der Waals surface area contributed by atoms with Crippen molar-refractivity contribution in [2.75, 3.05) is 11.4 Å². The Balaban J connectivity index is 1.68. The Hall–Kier alpha value is -2.57. The molecule has 1 aliphatic rings. The minimum atomic E-state index is -0.671. The Bertz CT molecular complexity index is 920. The van der Waals surface area contributed by atoms with Gasteiger partial charge in [0.1, 0.15) is 12.6 Å². The van der Waals surface area contributed by atoms with Crippen molar-refractivity contribution in [1.29, 1.82) is 0 Å². The number of halogens is 2. The van der Waals surface area contributed by atoms with Crippen LogP contribution in [0.4, 0.5) is 10.5 Å². The summed E-state index contributed by atoms with van der Waals surface area (Å²) in [7, 11) is 0. The number of benzene rings is 2. The fraction of sp³-hybridized carbons (Fsp3) is 0.250. The first kappa shape index (κ1) is 20.2. The summed E-state index contributed by atoms with van der Waals surface area (Å²) in [6.45, 7) is 3.07. The lowest BCUT2D eigenvalue weighted by molar-refractivity contribution is -0.132. The number of hydrogen-bond acceptors (Lipinski definition) is 3. The van der Waals surface area contributed by atoms with E-state index in [0.29, 0.717) is 15.7 Å². The fourth-order valence-electron chi connectivity index (χ4n) is 3.09. The van der Waals surface area contributed by atoms with Crippen LogP contribution in [0.25, 0.3) is 0 Å². The Morgan fingerprint density at radius 2 is 1.79 bits per heavy atom. The zero-order chi connectivity index (χ0) is 20.4. The van der Waals surface area contributed by atoms with E-state index in [1.807, 2.05) is 6.07 Å². The summed E-state index contributed by atoms with van der Waals surface area (Å²) < 4.78 is 0. The molecule has 1 saturated heterocycles. The number of amides is 4. The summed E-state index contributed by atoms with van der Waals surface area (Å²) >= 11 is 11.9. The van der Waals surface area contributed by atoms with Gasteiger partial charge in [-0.15, -0.1) is 0 Å². The van der Waals surface area contributed by atoms with E-state index in [1.165, 1.54) is 4.90 Å². The largest absolute Gasteiger partial charge is 0.348 e. The van der Waals surface area contributed by atoms with Gasteiger partial charge in [0.25, 0.3) is 5.91 Å². The molecule has 0 bridgehead atoms. The third kappa shape index (κ3) is 3.98. The molecule has 0 aromatic heterocycles. The molecule has 3 rings (SSSR count). The smallest absolute Gasteiger partial charge is 0.332 e. The Labute approximate surface area is 173 Å². The van der Waals surface area contributed by atoms with Gasteiger partial charge in [0, 0.05) is 5.69 Å². The number of hydrogen-bond donors (Lipinski definition) is 1. The van der Waals surface area contributed by atoms with Crippen molar-refractivity contribution in [3.63, 3.8) is 0 Å². The molecule has 0 aliphatic carbocycles. The Morgan fingerprint density at radius 3 is 2.43 bits per heavy atom. The lowest BCUT2D eigenvalue weighted by atomic mass is 10.1.